The smallest absolute Gasteiger partial charge is 0.338 e. The summed E-state index contributed by atoms with van der Waals surface area (Å²) >= 11 is 0. The molecule has 2 aromatic heterocycles. The molecule has 0 unspecified atom stereocenters. The zero-order valence-electron chi connectivity index (χ0n) is 37.0. The van der Waals surface area contributed by atoms with E-state index in [4.69, 9.17) is 25.4 Å². The quantitative estimate of drug-likeness (QED) is 0.0831. The van der Waals surface area contributed by atoms with Crippen LogP contribution in [-0.4, -0.2) is 59.6 Å². The Hall–Kier alpha value is -8.32. The molecule has 0 bridgehead atoms. The van der Waals surface area contributed by atoms with Crippen LogP contribution in [0.15, 0.2) is 143 Å². The third-order valence-corrected chi connectivity index (χ3v) is 13.8. The van der Waals surface area contributed by atoms with Gasteiger partial charge in [-0.3, -0.25) is 9.44 Å². The van der Waals surface area contributed by atoms with Crippen molar-refractivity contribution in [2.24, 2.45) is 14.1 Å². The van der Waals surface area contributed by atoms with Crippen LogP contribution >= 0.6 is 0 Å². The number of nitriles is 2. The molecule has 6 aromatic carbocycles. The van der Waals surface area contributed by atoms with Gasteiger partial charge in [0.15, 0.2) is 0 Å². The molecule has 0 atom stereocenters. The van der Waals surface area contributed by atoms with Crippen molar-refractivity contribution >= 4 is 65.4 Å². The number of aromatic nitrogens is 4. The highest BCUT2D eigenvalue weighted by Crippen LogP contribution is 2.25. The summed E-state index contributed by atoms with van der Waals surface area (Å²) < 4.78 is 65.1. The number of hydrogen-bond donors (Lipinski definition) is 3. The molecule has 344 valence electrons. The van der Waals surface area contributed by atoms with Gasteiger partial charge in [-0.25, -0.2) is 36.4 Å². The van der Waals surface area contributed by atoms with Crippen molar-refractivity contribution < 1.29 is 36.3 Å². The number of carboxylic acid groups (broad SMARTS) is 1. The number of anilines is 2. The first-order chi connectivity index (χ1) is 32.6. The maximum Gasteiger partial charge on any atom is 0.338 e. The first-order valence-corrected chi connectivity index (χ1v) is 24.1. The number of ether oxygens (including phenoxy) is 1. The van der Waals surface area contributed by atoms with E-state index in [0.717, 1.165) is 46.7 Å². The first kappa shape index (κ1) is 47.6. The van der Waals surface area contributed by atoms with Gasteiger partial charge < -0.3 is 19.0 Å². The van der Waals surface area contributed by atoms with E-state index in [1.54, 1.807) is 61.5 Å². The third-order valence-electron chi connectivity index (χ3n) is 11.0. The maximum atomic E-state index is 12.8. The van der Waals surface area contributed by atoms with Crippen molar-refractivity contribution in [1.82, 2.24) is 19.1 Å². The number of hydrogen-bond acceptors (Lipinski definition) is 11. The highest BCUT2D eigenvalue weighted by molar-refractivity contribution is 7.93. The molecule has 0 aliphatic rings. The summed E-state index contributed by atoms with van der Waals surface area (Å²) in [6.07, 6.45) is 2.91. The van der Waals surface area contributed by atoms with Crippen LogP contribution in [0.5, 0.6) is 0 Å². The monoisotopic (exact) mass is 948 g/mol. The van der Waals surface area contributed by atoms with Gasteiger partial charge in [-0.05, 0) is 140 Å². The van der Waals surface area contributed by atoms with Crippen molar-refractivity contribution in [2.45, 2.75) is 42.4 Å². The molecule has 8 rings (SSSR count). The van der Waals surface area contributed by atoms with E-state index in [1.807, 2.05) is 53.6 Å². The molecule has 68 heavy (non-hydrogen) atoms. The number of benzene rings is 6. The fourth-order valence-corrected chi connectivity index (χ4v) is 9.37. The average Bonchev–Trinajstić information content (AvgIpc) is 3.83. The van der Waals surface area contributed by atoms with E-state index in [0.29, 0.717) is 46.4 Å². The Morgan fingerprint density at radius 1 is 0.588 bits per heavy atom. The van der Waals surface area contributed by atoms with Crippen molar-refractivity contribution in [3.05, 3.63) is 178 Å². The molecule has 16 nitrogen and oxygen atoms in total. The lowest BCUT2D eigenvalue weighted by atomic mass is 10.1. The van der Waals surface area contributed by atoms with Crippen LogP contribution in [0.1, 0.15) is 61.5 Å². The minimum atomic E-state index is -3.88. The highest BCUT2D eigenvalue weighted by atomic mass is 32.2. The molecular weight excluding hydrogens is 905 g/mol. The molecule has 0 saturated carbocycles. The molecule has 0 radical (unpaired) electrons. The Bertz CT molecular complexity index is 3470. The molecule has 0 amide bonds. The number of carbonyl (C=O) groups is 2. The number of nitrogens with zero attached hydrogens (tertiary/aromatic N) is 6. The summed E-state index contributed by atoms with van der Waals surface area (Å²) in [5, 5.41) is 26.8. The number of carboxylic acids is 1. The average molecular weight is 949 g/mol. The number of fused-ring (bicyclic) bond motifs is 2. The zero-order chi connectivity index (χ0) is 48.6. The number of nitrogens with one attached hydrogen (secondary N) is 2. The first-order valence-electron chi connectivity index (χ1n) is 21.1. The van der Waals surface area contributed by atoms with E-state index in [-0.39, 0.29) is 27.5 Å². The summed E-state index contributed by atoms with van der Waals surface area (Å²) in [6, 6.07) is 40.1. The largest absolute Gasteiger partial charge is 0.478 e. The van der Waals surface area contributed by atoms with Crippen LogP contribution in [0, 0.1) is 22.7 Å². The van der Waals surface area contributed by atoms with Crippen LogP contribution in [0.25, 0.3) is 22.1 Å². The minimum Gasteiger partial charge on any atom is -0.478 e. The summed E-state index contributed by atoms with van der Waals surface area (Å²) in [7, 11) is -3.89. The molecule has 18 heteroatoms. The lowest BCUT2D eigenvalue weighted by molar-refractivity contribution is 0.0525. The van der Waals surface area contributed by atoms with Crippen molar-refractivity contribution in [1.29, 1.82) is 10.5 Å². The Labute approximate surface area is 392 Å². The number of esters is 1. The fourth-order valence-electron chi connectivity index (χ4n) is 7.27. The molecule has 0 spiro atoms. The standard InChI is InChI=1S/C26H24N4O4S.C24H20N4O4S/c1-3-34-26(31)20-9-12-22(13-10-20)35(32,33)29-21-11-14-24-23(16-21)28-25(30(24)2)15-8-18-4-6-19(17-27)7-5-18;1-28-22-12-9-19(27-33(31,32)20-10-7-18(8-11-20)24(29)30)14-21(22)26-23(28)13-6-16-2-4-17(15-25)5-3-16/h4-7,9-14,16,29H,3,8,15H2,1-2H3;2-5,7-12,14,27H,6,13H2,1H3,(H,29,30). The topological polar surface area (TPSA) is 239 Å². The second kappa shape index (κ2) is 20.5. The number of imidazole rings is 2. The van der Waals surface area contributed by atoms with E-state index >= 15 is 0 Å². The second-order valence-corrected chi connectivity index (χ2v) is 18.8. The van der Waals surface area contributed by atoms with Gasteiger partial charge in [-0.15, -0.1) is 0 Å². The Morgan fingerprint density at radius 2 is 0.985 bits per heavy atom. The summed E-state index contributed by atoms with van der Waals surface area (Å²) in [5.41, 5.74) is 7.61. The van der Waals surface area contributed by atoms with Gasteiger partial charge in [0.25, 0.3) is 20.0 Å². The van der Waals surface area contributed by atoms with Crippen LogP contribution < -0.4 is 9.44 Å². The van der Waals surface area contributed by atoms with Crippen LogP contribution in [0.2, 0.25) is 0 Å². The van der Waals surface area contributed by atoms with Crippen molar-refractivity contribution in [2.75, 3.05) is 16.1 Å². The molecular formula is C50H44N8O8S2. The number of carbonyl (C=O) groups excluding carboxylic acids is 1. The van der Waals surface area contributed by atoms with Gasteiger partial charge in [0.05, 0.1) is 84.2 Å². The molecule has 0 aliphatic carbocycles. The van der Waals surface area contributed by atoms with Gasteiger partial charge in [-0.1, -0.05) is 24.3 Å². The maximum absolute atomic E-state index is 12.8. The summed E-state index contributed by atoms with van der Waals surface area (Å²) in [6.45, 7) is 1.95. The van der Waals surface area contributed by atoms with Gasteiger partial charge in [0, 0.05) is 26.9 Å². The zero-order valence-corrected chi connectivity index (χ0v) is 38.7. The third kappa shape index (κ3) is 11.2. The second-order valence-electron chi connectivity index (χ2n) is 15.5. The predicted octanol–water partition coefficient (Wildman–Crippen LogP) is 7.94. The highest BCUT2D eigenvalue weighted by Gasteiger charge is 2.19. The van der Waals surface area contributed by atoms with Crippen LogP contribution in [0.4, 0.5) is 11.4 Å². The van der Waals surface area contributed by atoms with Gasteiger partial charge in [-0.2, -0.15) is 10.5 Å². The lowest BCUT2D eigenvalue weighted by Crippen LogP contribution is -2.13. The molecule has 0 aliphatic heterocycles. The lowest BCUT2D eigenvalue weighted by Gasteiger charge is -2.09. The Morgan fingerprint density at radius 3 is 1.35 bits per heavy atom. The van der Waals surface area contributed by atoms with Crippen molar-refractivity contribution in [3.8, 4) is 12.1 Å². The number of aryl methyl sites for hydroxylation is 6. The van der Waals surface area contributed by atoms with E-state index in [1.165, 1.54) is 48.5 Å². The van der Waals surface area contributed by atoms with Gasteiger partial charge in [0.1, 0.15) is 11.6 Å². The van der Waals surface area contributed by atoms with Crippen LogP contribution in [0.3, 0.4) is 0 Å². The van der Waals surface area contributed by atoms with Gasteiger partial charge >= 0.3 is 11.9 Å². The SMILES string of the molecule is CCOC(=O)c1ccc(S(=O)(=O)Nc2ccc3c(c2)nc(CCc2ccc(C#N)cc2)n3C)cc1.Cn1c(CCc2ccc(C#N)cc2)nc2cc(NS(=O)(=O)c3ccc(C(=O)O)cc3)ccc21. The fraction of sp³-hybridized carbons (Fsp3) is 0.160. The summed E-state index contributed by atoms with van der Waals surface area (Å²) in [4.78, 5) is 32.1. The minimum absolute atomic E-state index is 0.0115. The number of aromatic carboxylic acids is 1. The van der Waals surface area contributed by atoms with Crippen LogP contribution in [-0.2, 0) is 64.6 Å². The molecule has 2 heterocycles. The predicted molar refractivity (Wildman–Crippen MR) is 256 cm³/mol. The molecule has 0 saturated heterocycles. The molecule has 3 N–H and O–H groups in total. The number of sulfonamides is 2. The van der Waals surface area contributed by atoms with E-state index in [9.17, 15) is 26.4 Å². The summed E-state index contributed by atoms with van der Waals surface area (Å²) in [5.74, 6) is 0.111. The van der Waals surface area contributed by atoms with Crippen molar-refractivity contribution in [3.63, 3.8) is 0 Å². The normalized spacial score (nSPS) is 11.2. The Kier molecular flexibility index (Phi) is 14.3. The number of rotatable bonds is 15. The van der Waals surface area contributed by atoms with Gasteiger partial charge in [0.2, 0.25) is 0 Å². The Balaban J connectivity index is 0.000000202. The molecule has 8 aromatic rings. The molecule has 0 fully saturated rings. The van der Waals surface area contributed by atoms with E-state index < -0.39 is 32.0 Å². The van der Waals surface area contributed by atoms with E-state index in [2.05, 4.69) is 26.6 Å².